The average molecular weight is 365 g/mol. The van der Waals surface area contributed by atoms with Crippen LogP contribution in [0.1, 0.15) is 65.2 Å². The first kappa shape index (κ1) is 17.6. The molecule has 0 spiro atoms. The number of rotatable bonds is 2. The molecule has 0 heterocycles. The van der Waals surface area contributed by atoms with Crippen LogP contribution in [0, 0.1) is 28.6 Å². The van der Waals surface area contributed by atoms with Gasteiger partial charge in [0.15, 0.2) is 5.78 Å². The van der Waals surface area contributed by atoms with Crippen LogP contribution < -0.4 is 0 Å². The number of hydrogen-bond donors (Lipinski definition) is 0. The molecule has 0 unspecified atom stereocenters. The van der Waals surface area contributed by atoms with Crippen LogP contribution in [0.5, 0.6) is 0 Å². The number of ether oxygens (including phenoxy) is 1. The Labute approximate surface area is 155 Å². The van der Waals surface area contributed by atoms with E-state index in [2.05, 4.69) is 13.8 Å². The molecule has 0 aromatic carbocycles. The highest BCUT2D eigenvalue weighted by Crippen LogP contribution is 2.65. The number of fused-ring (bicyclic) bond motifs is 5. The fourth-order valence-electron chi connectivity index (χ4n) is 6.90. The standard InChI is InChI=1S/C21H29ClO3/c1-20-9-7-14(23)11-13(20)3-4-15-16-5-6-18(25-19(24)12-22)21(16,2)10-8-17(15)20/h11,15-18H,3-10,12H2,1-2H3/t15-,16-,17-,18-,20-,21-/m0/s1. The van der Waals surface area contributed by atoms with Crippen LogP contribution in [0.15, 0.2) is 11.6 Å². The van der Waals surface area contributed by atoms with Gasteiger partial charge in [0.1, 0.15) is 12.0 Å². The van der Waals surface area contributed by atoms with E-state index in [-0.39, 0.29) is 28.8 Å². The number of halogens is 1. The predicted molar refractivity (Wildman–Crippen MR) is 97.3 cm³/mol. The maximum atomic E-state index is 11.9. The lowest BCUT2D eigenvalue weighted by molar-refractivity contribution is -0.156. The summed E-state index contributed by atoms with van der Waals surface area (Å²) in [6, 6.07) is 0. The van der Waals surface area contributed by atoms with Crippen LogP contribution in [0.4, 0.5) is 0 Å². The van der Waals surface area contributed by atoms with E-state index >= 15 is 0 Å². The minimum absolute atomic E-state index is 0.0300. The monoisotopic (exact) mass is 364 g/mol. The highest BCUT2D eigenvalue weighted by Gasteiger charge is 2.59. The van der Waals surface area contributed by atoms with E-state index < -0.39 is 0 Å². The smallest absolute Gasteiger partial charge is 0.321 e. The summed E-state index contributed by atoms with van der Waals surface area (Å²) >= 11 is 5.66. The Balaban J connectivity index is 1.59. The second kappa shape index (κ2) is 6.11. The minimum atomic E-state index is -0.276. The number of allylic oxidation sites excluding steroid dienone is 1. The molecule has 3 fully saturated rings. The molecule has 0 amide bonds. The predicted octanol–water partition coefficient (Wildman–Crippen LogP) is 4.67. The van der Waals surface area contributed by atoms with E-state index in [0.717, 1.165) is 32.1 Å². The van der Waals surface area contributed by atoms with Crippen LogP contribution in [-0.2, 0) is 14.3 Å². The van der Waals surface area contributed by atoms with E-state index in [1.807, 2.05) is 6.08 Å². The molecule has 138 valence electrons. The Morgan fingerprint density at radius 3 is 2.72 bits per heavy atom. The molecule has 3 nitrogen and oxygen atoms in total. The lowest BCUT2D eigenvalue weighted by Gasteiger charge is -2.57. The summed E-state index contributed by atoms with van der Waals surface area (Å²) in [5.41, 5.74) is 1.73. The zero-order valence-corrected chi connectivity index (χ0v) is 16.1. The summed E-state index contributed by atoms with van der Waals surface area (Å²) in [6.07, 6.45) is 10.4. The lowest BCUT2D eigenvalue weighted by atomic mass is 9.47. The van der Waals surface area contributed by atoms with Crippen molar-refractivity contribution in [2.24, 2.45) is 28.6 Å². The van der Waals surface area contributed by atoms with E-state index in [1.54, 1.807) is 0 Å². The van der Waals surface area contributed by atoms with Gasteiger partial charge in [0.05, 0.1) is 0 Å². The van der Waals surface area contributed by atoms with Gasteiger partial charge in [0.2, 0.25) is 0 Å². The van der Waals surface area contributed by atoms with Gasteiger partial charge in [-0.25, -0.2) is 0 Å². The first-order valence-electron chi connectivity index (χ1n) is 9.88. The molecule has 4 aliphatic carbocycles. The third kappa shape index (κ3) is 2.60. The summed E-state index contributed by atoms with van der Waals surface area (Å²) in [7, 11) is 0. The van der Waals surface area contributed by atoms with Crippen molar-refractivity contribution < 1.29 is 14.3 Å². The summed E-state index contributed by atoms with van der Waals surface area (Å²) in [4.78, 5) is 23.6. The normalized spacial score (nSPS) is 45.9. The van der Waals surface area contributed by atoms with Crippen molar-refractivity contribution in [1.29, 1.82) is 0 Å². The summed E-state index contributed by atoms with van der Waals surface area (Å²) in [5.74, 6) is 2.01. The van der Waals surface area contributed by atoms with Gasteiger partial charge in [0, 0.05) is 11.8 Å². The van der Waals surface area contributed by atoms with E-state index in [0.29, 0.717) is 30.0 Å². The van der Waals surface area contributed by atoms with E-state index in [1.165, 1.54) is 18.4 Å². The molecular weight excluding hydrogens is 336 g/mol. The topological polar surface area (TPSA) is 43.4 Å². The SMILES string of the molecule is C[C@]12CC[C@H]3[C@@H](CCC4=CC(=O)CC[C@@]43C)[C@@H]1CC[C@@H]2OC(=O)CCl. The van der Waals surface area contributed by atoms with Crippen molar-refractivity contribution in [3.05, 3.63) is 11.6 Å². The zero-order valence-electron chi connectivity index (χ0n) is 15.4. The summed E-state index contributed by atoms with van der Waals surface area (Å²) < 4.78 is 5.73. The molecular formula is C21H29ClO3. The van der Waals surface area contributed by atoms with E-state index in [9.17, 15) is 9.59 Å². The molecule has 6 atom stereocenters. The van der Waals surface area contributed by atoms with Gasteiger partial charge < -0.3 is 4.74 Å². The van der Waals surface area contributed by atoms with Crippen molar-refractivity contribution in [3.63, 3.8) is 0 Å². The minimum Gasteiger partial charge on any atom is -0.461 e. The lowest BCUT2D eigenvalue weighted by Crippen LogP contribution is -2.51. The van der Waals surface area contributed by atoms with Crippen LogP contribution in [0.25, 0.3) is 0 Å². The third-order valence-electron chi connectivity index (χ3n) is 8.26. The number of ketones is 1. The van der Waals surface area contributed by atoms with Crippen LogP contribution in [0.2, 0.25) is 0 Å². The Kier molecular flexibility index (Phi) is 4.30. The molecule has 4 heteroatoms. The van der Waals surface area contributed by atoms with Crippen molar-refractivity contribution in [2.75, 3.05) is 5.88 Å². The zero-order chi connectivity index (χ0) is 17.8. The third-order valence-corrected chi connectivity index (χ3v) is 8.48. The molecule has 0 bridgehead atoms. The Morgan fingerprint density at radius 1 is 1.16 bits per heavy atom. The van der Waals surface area contributed by atoms with E-state index in [4.69, 9.17) is 16.3 Å². The first-order chi connectivity index (χ1) is 11.9. The van der Waals surface area contributed by atoms with Crippen molar-refractivity contribution in [1.82, 2.24) is 0 Å². The molecule has 0 saturated heterocycles. The molecule has 4 rings (SSSR count). The number of carbonyl (C=O) groups is 2. The molecule has 0 aliphatic heterocycles. The van der Waals surface area contributed by atoms with Crippen molar-refractivity contribution in [3.8, 4) is 0 Å². The van der Waals surface area contributed by atoms with Crippen LogP contribution >= 0.6 is 11.6 Å². The van der Waals surface area contributed by atoms with Gasteiger partial charge in [-0.15, -0.1) is 11.6 Å². The molecule has 0 radical (unpaired) electrons. The molecule has 25 heavy (non-hydrogen) atoms. The van der Waals surface area contributed by atoms with Gasteiger partial charge in [0.25, 0.3) is 0 Å². The number of esters is 1. The second-order valence-corrected chi connectivity index (χ2v) is 9.47. The molecule has 3 saturated carbocycles. The van der Waals surface area contributed by atoms with Gasteiger partial charge in [-0.05, 0) is 74.2 Å². The number of alkyl halides is 1. The largest absolute Gasteiger partial charge is 0.461 e. The van der Waals surface area contributed by atoms with Gasteiger partial charge >= 0.3 is 5.97 Å². The molecule has 0 N–H and O–H groups in total. The number of hydrogen-bond acceptors (Lipinski definition) is 3. The molecule has 0 aromatic rings. The van der Waals surface area contributed by atoms with Crippen molar-refractivity contribution in [2.45, 2.75) is 71.3 Å². The fraction of sp³-hybridized carbons (Fsp3) is 0.810. The van der Waals surface area contributed by atoms with Crippen LogP contribution in [0.3, 0.4) is 0 Å². The molecule has 0 aromatic heterocycles. The summed E-state index contributed by atoms with van der Waals surface area (Å²) in [5, 5.41) is 0. The highest BCUT2D eigenvalue weighted by molar-refractivity contribution is 6.26. The quantitative estimate of drug-likeness (QED) is 0.528. The maximum absolute atomic E-state index is 11.9. The Bertz CT molecular complexity index is 627. The molecule has 4 aliphatic rings. The van der Waals surface area contributed by atoms with Crippen LogP contribution in [-0.4, -0.2) is 23.7 Å². The van der Waals surface area contributed by atoms with Gasteiger partial charge in [-0.2, -0.15) is 0 Å². The summed E-state index contributed by atoms with van der Waals surface area (Å²) in [6.45, 7) is 4.75. The maximum Gasteiger partial charge on any atom is 0.321 e. The van der Waals surface area contributed by atoms with Gasteiger partial charge in [-0.3, -0.25) is 9.59 Å². The first-order valence-corrected chi connectivity index (χ1v) is 10.4. The second-order valence-electron chi connectivity index (χ2n) is 9.20. The Morgan fingerprint density at radius 2 is 1.96 bits per heavy atom. The number of carbonyl (C=O) groups excluding carboxylic acids is 2. The Hall–Kier alpha value is -0.830. The highest BCUT2D eigenvalue weighted by atomic mass is 35.5. The average Bonchev–Trinajstić information content (AvgIpc) is 2.92. The van der Waals surface area contributed by atoms with Gasteiger partial charge in [-0.1, -0.05) is 19.4 Å². The fourth-order valence-corrected chi connectivity index (χ4v) is 6.96. The van der Waals surface area contributed by atoms with Crippen molar-refractivity contribution >= 4 is 23.4 Å².